The topological polar surface area (TPSA) is 98.5 Å². The Morgan fingerprint density at radius 2 is 2.21 bits per heavy atom. The number of benzene rings is 1. The lowest BCUT2D eigenvalue weighted by atomic mass is 9.91. The van der Waals surface area contributed by atoms with Gasteiger partial charge in [-0.05, 0) is 30.5 Å². The molecule has 1 saturated carbocycles. The Bertz CT molecular complexity index is 724. The van der Waals surface area contributed by atoms with Crippen LogP contribution in [-0.2, 0) is 11.8 Å². The Morgan fingerprint density at radius 1 is 1.53 bits per heavy atom. The van der Waals surface area contributed by atoms with Crippen LogP contribution < -0.4 is 11.5 Å². The van der Waals surface area contributed by atoms with Crippen molar-refractivity contribution < 1.29 is 14.3 Å². The van der Waals surface area contributed by atoms with Gasteiger partial charge >= 0.3 is 11.7 Å². The van der Waals surface area contributed by atoms with E-state index in [1.165, 1.54) is 4.57 Å². The molecule has 0 bridgehead atoms. The average molecular weight is 262 g/mol. The van der Waals surface area contributed by atoms with E-state index in [4.69, 9.17) is 10.2 Å². The summed E-state index contributed by atoms with van der Waals surface area (Å²) in [6.07, 6.45) is 1.18. The van der Waals surface area contributed by atoms with E-state index >= 15 is 0 Å². The minimum Gasteiger partial charge on any atom is -0.481 e. The van der Waals surface area contributed by atoms with Crippen LogP contribution in [0.1, 0.15) is 24.4 Å². The largest absolute Gasteiger partial charge is 0.481 e. The summed E-state index contributed by atoms with van der Waals surface area (Å²) in [7, 11) is 1.60. The SMILES string of the molecule is Cn1c(=O)oc2ccc(C(N)C3(C(=O)O)CC3)cc21. The van der Waals surface area contributed by atoms with Gasteiger partial charge in [0.15, 0.2) is 5.58 Å². The Balaban J connectivity index is 2.09. The summed E-state index contributed by atoms with van der Waals surface area (Å²) in [6, 6.07) is 4.54. The predicted octanol–water partition coefficient (Wildman–Crippen LogP) is 0.996. The molecule has 2 aromatic rings. The number of aliphatic carboxylic acids is 1. The standard InChI is InChI=1S/C13H14N2O4/c1-15-8-6-7(2-3-9(8)19-12(15)18)10(14)13(4-5-13)11(16)17/h2-3,6,10H,4-5,14H2,1H3,(H,16,17). The fourth-order valence-corrected chi connectivity index (χ4v) is 2.45. The maximum absolute atomic E-state index is 11.4. The number of carboxylic acid groups (broad SMARTS) is 1. The lowest BCUT2D eigenvalue weighted by molar-refractivity contribution is -0.144. The molecule has 3 N–H and O–H groups in total. The number of nitrogens with zero attached hydrogens (tertiary/aromatic N) is 1. The van der Waals surface area contributed by atoms with Crippen LogP contribution in [0.2, 0.25) is 0 Å². The molecule has 0 saturated heterocycles. The smallest absolute Gasteiger partial charge is 0.419 e. The van der Waals surface area contributed by atoms with Crippen molar-refractivity contribution in [2.24, 2.45) is 18.2 Å². The van der Waals surface area contributed by atoms with E-state index < -0.39 is 23.2 Å². The molecule has 0 radical (unpaired) electrons. The predicted molar refractivity (Wildman–Crippen MR) is 67.7 cm³/mol. The maximum atomic E-state index is 11.4. The average Bonchev–Trinajstić information content (AvgIpc) is 3.14. The van der Waals surface area contributed by atoms with E-state index in [-0.39, 0.29) is 0 Å². The van der Waals surface area contributed by atoms with E-state index in [2.05, 4.69) is 0 Å². The molecular formula is C13H14N2O4. The second-order valence-corrected chi connectivity index (χ2v) is 5.09. The number of hydrogen-bond acceptors (Lipinski definition) is 4. The van der Waals surface area contributed by atoms with Crippen molar-refractivity contribution in [3.8, 4) is 0 Å². The molecule has 3 rings (SSSR count). The molecule has 1 atom stereocenters. The quantitative estimate of drug-likeness (QED) is 0.859. The van der Waals surface area contributed by atoms with Crippen LogP contribution in [0.5, 0.6) is 0 Å². The third kappa shape index (κ3) is 1.60. The Labute approximate surface area is 108 Å². The minimum absolute atomic E-state index is 0.444. The van der Waals surface area contributed by atoms with Crippen LogP contribution in [0.4, 0.5) is 0 Å². The van der Waals surface area contributed by atoms with Gasteiger partial charge in [0.25, 0.3) is 0 Å². The minimum atomic E-state index is -0.860. The summed E-state index contributed by atoms with van der Waals surface area (Å²) >= 11 is 0. The first kappa shape index (κ1) is 12.0. The number of carbonyl (C=O) groups is 1. The number of hydrogen-bond donors (Lipinski definition) is 2. The van der Waals surface area contributed by atoms with E-state index in [0.717, 1.165) is 0 Å². The van der Waals surface area contributed by atoms with E-state index in [1.54, 1.807) is 25.2 Å². The number of carboxylic acids is 1. The fourth-order valence-electron chi connectivity index (χ4n) is 2.45. The lowest BCUT2D eigenvalue weighted by Crippen LogP contribution is -2.29. The highest BCUT2D eigenvalue weighted by Crippen LogP contribution is 2.54. The van der Waals surface area contributed by atoms with Gasteiger partial charge in [0.05, 0.1) is 10.9 Å². The van der Waals surface area contributed by atoms with Crippen molar-refractivity contribution in [1.29, 1.82) is 0 Å². The summed E-state index contributed by atoms with van der Waals surface area (Å²) in [6.45, 7) is 0. The maximum Gasteiger partial charge on any atom is 0.419 e. The number of fused-ring (bicyclic) bond motifs is 1. The summed E-state index contributed by atoms with van der Waals surface area (Å²) in [5.74, 6) is -1.30. The van der Waals surface area contributed by atoms with E-state index in [9.17, 15) is 14.7 Å². The molecule has 1 unspecified atom stereocenters. The van der Waals surface area contributed by atoms with Gasteiger partial charge in [-0.2, -0.15) is 0 Å². The highest BCUT2D eigenvalue weighted by atomic mass is 16.4. The number of nitrogens with two attached hydrogens (primary N) is 1. The molecule has 1 aliphatic carbocycles. The number of aromatic nitrogens is 1. The molecule has 19 heavy (non-hydrogen) atoms. The van der Waals surface area contributed by atoms with Crippen molar-refractivity contribution in [3.63, 3.8) is 0 Å². The van der Waals surface area contributed by atoms with Crippen molar-refractivity contribution in [2.45, 2.75) is 18.9 Å². The zero-order valence-corrected chi connectivity index (χ0v) is 10.4. The molecule has 1 aliphatic rings. The van der Waals surface area contributed by atoms with Crippen LogP contribution in [-0.4, -0.2) is 15.6 Å². The van der Waals surface area contributed by atoms with Crippen molar-refractivity contribution in [1.82, 2.24) is 4.57 Å². The molecule has 100 valence electrons. The normalized spacial score (nSPS) is 18.4. The second-order valence-electron chi connectivity index (χ2n) is 5.09. The van der Waals surface area contributed by atoms with Gasteiger partial charge in [-0.1, -0.05) is 6.07 Å². The molecule has 0 amide bonds. The third-order valence-electron chi connectivity index (χ3n) is 3.98. The summed E-state index contributed by atoms with van der Waals surface area (Å²) in [5.41, 5.74) is 7.05. The Kier molecular flexibility index (Phi) is 2.34. The fraction of sp³-hybridized carbons (Fsp3) is 0.385. The number of aryl methyl sites for hydroxylation is 1. The molecule has 1 aromatic heterocycles. The highest BCUT2D eigenvalue weighted by Gasteiger charge is 2.55. The first-order valence-electron chi connectivity index (χ1n) is 6.04. The second kappa shape index (κ2) is 3.71. The van der Waals surface area contributed by atoms with Gasteiger partial charge in [-0.25, -0.2) is 4.79 Å². The van der Waals surface area contributed by atoms with Gasteiger partial charge in [-0.3, -0.25) is 9.36 Å². The molecule has 1 aromatic carbocycles. The van der Waals surface area contributed by atoms with Gasteiger partial charge in [0.1, 0.15) is 0 Å². The highest BCUT2D eigenvalue weighted by molar-refractivity contribution is 5.80. The van der Waals surface area contributed by atoms with Crippen LogP contribution in [0, 0.1) is 5.41 Å². The van der Waals surface area contributed by atoms with Crippen molar-refractivity contribution >= 4 is 17.1 Å². The molecule has 6 heteroatoms. The molecule has 6 nitrogen and oxygen atoms in total. The van der Waals surface area contributed by atoms with Crippen molar-refractivity contribution in [3.05, 3.63) is 34.3 Å². The van der Waals surface area contributed by atoms with Crippen LogP contribution in [0.15, 0.2) is 27.4 Å². The zero-order valence-electron chi connectivity index (χ0n) is 10.4. The van der Waals surface area contributed by atoms with Crippen molar-refractivity contribution in [2.75, 3.05) is 0 Å². The molecule has 1 fully saturated rings. The lowest BCUT2D eigenvalue weighted by Gasteiger charge is -2.19. The number of rotatable bonds is 3. The summed E-state index contributed by atoms with van der Waals surface area (Å²) in [4.78, 5) is 22.7. The van der Waals surface area contributed by atoms with Gasteiger partial charge < -0.3 is 15.3 Å². The molecule has 0 spiro atoms. The van der Waals surface area contributed by atoms with Gasteiger partial charge in [-0.15, -0.1) is 0 Å². The zero-order chi connectivity index (χ0) is 13.8. The molecule has 1 heterocycles. The monoisotopic (exact) mass is 262 g/mol. The summed E-state index contributed by atoms with van der Waals surface area (Å²) < 4.78 is 6.41. The first-order chi connectivity index (χ1) is 8.95. The Morgan fingerprint density at radius 3 is 2.79 bits per heavy atom. The first-order valence-corrected chi connectivity index (χ1v) is 6.04. The van der Waals surface area contributed by atoms with Gasteiger partial charge in [0, 0.05) is 13.1 Å². The summed E-state index contributed by atoms with van der Waals surface area (Å²) in [5, 5.41) is 9.25. The van der Waals surface area contributed by atoms with Crippen LogP contribution in [0.3, 0.4) is 0 Å². The van der Waals surface area contributed by atoms with Crippen LogP contribution in [0.25, 0.3) is 11.1 Å². The van der Waals surface area contributed by atoms with Gasteiger partial charge in [0.2, 0.25) is 0 Å². The molecular weight excluding hydrogens is 248 g/mol. The van der Waals surface area contributed by atoms with E-state index in [1.807, 2.05) is 0 Å². The third-order valence-corrected chi connectivity index (χ3v) is 3.98. The Hall–Kier alpha value is -2.08. The van der Waals surface area contributed by atoms with Crippen LogP contribution >= 0.6 is 0 Å². The van der Waals surface area contributed by atoms with E-state index in [0.29, 0.717) is 29.5 Å². The molecule has 0 aliphatic heterocycles. The number of oxazole rings is 1.